The van der Waals surface area contributed by atoms with Gasteiger partial charge in [-0.05, 0) is 18.9 Å². The maximum Gasteiger partial charge on any atom is 0.131 e. The van der Waals surface area contributed by atoms with Crippen molar-refractivity contribution in [3.63, 3.8) is 0 Å². The standard InChI is InChI=1S/C16H20ClN3/c1-3-7-15-19-14(11-16(20-15)18-10-4-2)12-8-5-6-9-13(12)17/h5-6,8-9,11H,3-4,7,10H2,1-2H3,(H,18,19,20). The molecule has 0 spiro atoms. The molecule has 2 rings (SSSR count). The lowest BCUT2D eigenvalue weighted by Gasteiger charge is -2.10. The highest BCUT2D eigenvalue weighted by Crippen LogP contribution is 2.27. The number of anilines is 1. The zero-order valence-corrected chi connectivity index (χ0v) is 12.7. The maximum absolute atomic E-state index is 6.26. The van der Waals surface area contributed by atoms with E-state index in [0.717, 1.165) is 53.7 Å². The lowest BCUT2D eigenvalue weighted by atomic mass is 10.1. The van der Waals surface area contributed by atoms with E-state index in [4.69, 9.17) is 11.6 Å². The molecule has 0 saturated heterocycles. The highest BCUT2D eigenvalue weighted by atomic mass is 35.5. The van der Waals surface area contributed by atoms with Gasteiger partial charge in [0.1, 0.15) is 11.6 Å². The van der Waals surface area contributed by atoms with Crippen molar-refractivity contribution in [3.8, 4) is 11.3 Å². The Kier molecular flexibility index (Phi) is 5.36. The Labute approximate surface area is 125 Å². The minimum absolute atomic E-state index is 0.718. The van der Waals surface area contributed by atoms with Crippen LogP contribution < -0.4 is 5.32 Å². The predicted octanol–water partition coefficient (Wildman–Crippen LogP) is 4.57. The molecule has 0 radical (unpaired) electrons. The molecule has 2 aromatic rings. The van der Waals surface area contributed by atoms with Gasteiger partial charge in [0.25, 0.3) is 0 Å². The highest BCUT2D eigenvalue weighted by molar-refractivity contribution is 6.33. The van der Waals surface area contributed by atoms with Gasteiger partial charge in [-0.3, -0.25) is 0 Å². The van der Waals surface area contributed by atoms with Crippen molar-refractivity contribution in [2.75, 3.05) is 11.9 Å². The van der Waals surface area contributed by atoms with E-state index < -0.39 is 0 Å². The van der Waals surface area contributed by atoms with Crippen LogP contribution in [-0.2, 0) is 6.42 Å². The van der Waals surface area contributed by atoms with Crippen molar-refractivity contribution in [1.82, 2.24) is 9.97 Å². The molecule has 0 unspecified atom stereocenters. The molecule has 3 nitrogen and oxygen atoms in total. The number of benzene rings is 1. The molecule has 0 bridgehead atoms. The van der Waals surface area contributed by atoms with Crippen LogP contribution in [0.2, 0.25) is 5.02 Å². The molecule has 1 aromatic carbocycles. The van der Waals surface area contributed by atoms with Gasteiger partial charge in [0.15, 0.2) is 0 Å². The summed E-state index contributed by atoms with van der Waals surface area (Å²) < 4.78 is 0. The highest BCUT2D eigenvalue weighted by Gasteiger charge is 2.08. The van der Waals surface area contributed by atoms with E-state index in [-0.39, 0.29) is 0 Å². The molecular formula is C16H20ClN3. The number of rotatable bonds is 6. The molecule has 0 aliphatic carbocycles. The van der Waals surface area contributed by atoms with Gasteiger partial charge >= 0.3 is 0 Å². The van der Waals surface area contributed by atoms with E-state index in [2.05, 4.69) is 29.1 Å². The second-order valence-electron chi connectivity index (χ2n) is 4.71. The van der Waals surface area contributed by atoms with Crippen LogP contribution in [-0.4, -0.2) is 16.5 Å². The summed E-state index contributed by atoms with van der Waals surface area (Å²) in [6.45, 7) is 5.17. The van der Waals surface area contributed by atoms with Crippen molar-refractivity contribution >= 4 is 17.4 Å². The average molecular weight is 290 g/mol. The maximum atomic E-state index is 6.26. The van der Waals surface area contributed by atoms with Gasteiger partial charge in [0, 0.05) is 29.6 Å². The van der Waals surface area contributed by atoms with Crippen LogP contribution in [0.1, 0.15) is 32.5 Å². The molecule has 106 valence electrons. The number of hydrogen-bond acceptors (Lipinski definition) is 3. The Hall–Kier alpha value is -1.61. The van der Waals surface area contributed by atoms with Gasteiger partial charge in [-0.25, -0.2) is 9.97 Å². The van der Waals surface area contributed by atoms with Gasteiger partial charge in [-0.1, -0.05) is 43.6 Å². The first-order valence-corrected chi connectivity index (χ1v) is 7.49. The summed E-state index contributed by atoms with van der Waals surface area (Å²) in [7, 11) is 0. The molecule has 0 saturated carbocycles. The lowest BCUT2D eigenvalue weighted by molar-refractivity contribution is 0.834. The smallest absolute Gasteiger partial charge is 0.131 e. The summed E-state index contributed by atoms with van der Waals surface area (Å²) in [6, 6.07) is 9.75. The van der Waals surface area contributed by atoms with E-state index in [1.54, 1.807) is 0 Å². The largest absolute Gasteiger partial charge is 0.370 e. The zero-order chi connectivity index (χ0) is 14.4. The van der Waals surface area contributed by atoms with Gasteiger partial charge in [-0.15, -0.1) is 0 Å². The average Bonchev–Trinajstić information content (AvgIpc) is 2.46. The first kappa shape index (κ1) is 14.8. The molecule has 0 aliphatic heterocycles. The van der Waals surface area contributed by atoms with Gasteiger partial charge in [-0.2, -0.15) is 0 Å². The molecule has 4 heteroatoms. The number of nitrogens with zero attached hydrogens (tertiary/aromatic N) is 2. The Morgan fingerprint density at radius 3 is 2.60 bits per heavy atom. The van der Waals surface area contributed by atoms with Gasteiger partial charge < -0.3 is 5.32 Å². The molecule has 20 heavy (non-hydrogen) atoms. The van der Waals surface area contributed by atoms with Crippen molar-refractivity contribution in [3.05, 3.63) is 41.2 Å². The van der Waals surface area contributed by atoms with Crippen LogP contribution in [0.25, 0.3) is 11.3 Å². The third-order valence-corrected chi connectivity index (χ3v) is 3.28. The number of nitrogens with one attached hydrogen (secondary N) is 1. The second-order valence-corrected chi connectivity index (χ2v) is 5.12. The minimum atomic E-state index is 0.718. The number of aromatic nitrogens is 2. The SMILES string of the molecule is CCCNc1cc(-c2ccccc2Cl)nc(CCC)n1. The Bertz CT molecular complexity index is 569. The molecule has 1 aromatic heterocycles. The summed E-state index contributed by atoms with van der Waals surface area (Å²) in [6.07, 6.45) is 2.97. The number of hydrogen-bond donors (Lipinski definition) is 1. The molecule has 0 atom stereocenters. The molecule has 1 N–H and O–H groups in total. The topological polar surface area (TPSA) is 37.8 Å². The fourth-order valence-electron chi connectivity index (χ4n) is 1.98. The zero-order valence-electron chi connectivity index (χ0n) is 12.0. The first-order chi connectivity index (χ1) is 9.74. The van der Waals surface area contributed by atoms with E-state index in [1.165, 1.54) is 0 Å². The fourth-order valence-corrected chi connectivity index (χ4v) is 2.22. The van der Waals surface area contributed by atoms with Crippen LogP contribution in [0.5, 0.6) is 0 Å². The van der Waals surface area contributed by atoms with Crippen molar-refractivity contribution in [1.29, 1.82) is 0 Å². The summed E-state index contributed by atoms with van der Waals surface area (Å²) in [4.78, 5) is 9.18. The van der Waals surface area contributed by atoms with Crippen LogP contribution in [0.4, 0.5) is 5.82 Å². The Morgan fingerprint density at radius 1 is 1.10 bits per heavy atom. The van der Waals surface area contributed by atoms with Crippen molar-refractivity contribution < 1.29 is 0 Å². The molecule has 0 fully saturated rings. The van der Waals surface area contributed by atoms with Crippen LogP contribution in [0, 0.1) is 0 Å². The van der Waals surface area contributed by atoms with Crippen LogP contribution in [0.15, 0.2) is 30.3 Å². The summed E-state index contributed by atoms with van der Waals surface area (Å²) >= 11 is 6.26. The van der Waals surface area contributed by atoms with Gasteiger partial charge in [0.2, 0.25) is 0 Å². The number of aryl methyl sites for hydroxylation is 1. The van der Waals surface area contributed by atoms with E-state index in [9.17, 15) is 0 Å². The summed E-state index contributed by atoms with van der Waals surface area (Å²) in [5.41, 5.74) is 1.83. The molecular weight excluding hydrogens is 270 g/mol. The summed E-state index contributed by atoms with van der Waals surface area (Å²) in [5, 5.41) is 4.05. The minimum Gasteiger partial charge on any atom is -0.370 e. The summed E-state index contributed by atoms with van der Waals surface area (Å²) in [5.74, 6) is 1.74. The fraction of sp³-hybridized carbons (Fsp3) is 0.375. The van der Waals surface area contributed by atoms with Crippen molar-refractivity contribution in [2.24, 2.45) is 0 Å². The van der Waals surface area contributed by atoms with Crippen LogP contribution in [0.3, 0.4) is 0 Å². The molecule has 0 amide bonds. The second kappa shape index (κ2) is 7.25. The van der Waals surface area contributed by atoms with E-state index in [0.29, 0.717) is 0 Å². The first-order valence-electron chi connectivity index (χ1n) is 7.11. The monoisotopic (exact) mass is 289 g/mol. The normalized spacial score (nSPS) is 10.6. The molecule has 1 heterocycles. The van der Waals surface area contributed by atoms with Gasteiger partial charge in [0.05, 0.1) is 5.69 Å². The number of halogens is 1. The molecule has 0 aliphatic rings. The van der Waals surface area contributed by atoms with Crippen molar-refractivity contribution in [2.45, 2.75) is 33.1 Å². The quantitative estimate of drug-likeness (QED) is 0.846. The van der Waals surface area contributed by atoms with Crippen LogP contribution >= 0.6 is 11.6 Å². The lowest BCUT2D eigenvalue weighted by Crippen LogP contribution is -2.06. The Balaban J connectivity index is 2.40. The third-order valence-electron chi connectivity index (χ3n) is 2.95. The predicted molar refractivity (Wildman–Crippen MR) is 85.3 cm³/mol. The van der Waals surface area contributed by atoms with E-state index >= 15 is 0 Å². The Morgan fingerprint density at radius 2 is 1.90 bits per heavy atom. The third kappa shape index (κ3) is 3.70. The van der Waals surface area contributed by atoms with E-state index in [1.807, 2.05) is 30.3 Å².